The molecule has 1 aliphatic rings. The number of anilines is 1. The fraction of sp³-hybridized carbons (Fsp3) is 0.600. The van der Waals surface area contributed by atoms with Crippen LogP contribution in [0.4, 0.5) is 19.0 Å². The molecule has 1 fully saturated rings. The molecule has 0 aliphatic carbocycles. The lowest BCUT2D eigenvalue weighted by atomic mass is 10.2. The van der Waals surface area contributed by atoms with Crippen molar-refractivity contribution in [1.29, 1.82) is 0 Å². The average Bonchev–Trinajstić information content (AvgIpc) is 2.93. The Balaban J connectivity index is 1.78. The van der Waals surface area contributed by atoms with Crippen molar-refractivity contribution in [2.45, 2.75) is 19.1 Å². The first-order valence-corrected chi connectivity index (χ1v) is 9.19. The number of halogens is 4. The Morgan fingerprint density at radius 3 is 2.60 bits per heavy atom. The summed E-state index contributed by atoms with van der Waals surface area (Å²) in [4.78, 5) is 12.5. The van der Waals surface area contributed by atoms with Gasteiger partial charge in [-0.1, -0.05) is 0 Å². The zero-order valence-electron chi connectivity index (χ0n) is 13.9. The highest BCUT2D eigenvalue weighted by Gasteiger charge is 2.35. The van der Waals surface area contributed by atoms with Gasteiger partial charge >= 0.3 is 6.18 Å². The van der Waals surface area contributed by atoms with E-state index in [2.05, 4.69) is 32.1 Å². The number of fused-ring (bicyclic) bond motifs is 1. The molecule has 2 aromatic rings. The molecule has 25 heavy (non-hydrogen) atoms. The topological polar surface area (TPSA) is 44.3 Å². The van der Waals surface area contributed by atoms with Crippen LogP contribution < -0.4 is 5.32 Å². The first kappa shape index (κ1) is 18.6. The Kier molecular flexibility index (Phi) is 5.38. The van der Waals surface area contributed by atoms with Crippen LogP contribution >= 0.6 is 22.9 Å². The highest BCUT2D eigenvalue weighted by atomic mass is 35.5. The number of hydrogen-bond acceptors (Lipinski definition) is 6. The quantitative estimate of drug-likeness (QED) is 0.806. The normalized spacial score (nSPS) is 18.6. The molecular formula is C15H19ClF3N5S. The van der Waals surface area contributed by atoms with Gasteiger partial charge in [0.15, 0.2) is 0 Å². The summed E-state index contributed by atoms with van der Waals surface area (Å²) in [6.45, 7) is 6.73. The van der Waals surface area contributed by atoms with Crippen molar-refractivity contribution in [3.63, 3.8) is 0 Å². The van der Waals surface area contributed by atoms with E-state index >= 15 is 0 Å². The fourth-order valence-electron chi connectivity index (χ4n) is 2.89. The molecule has 1 atom stereocenters. The maximum atomic E-state index is 13.1. The second-order valence-corrected chi connectivity index (χ2v) is 7.53. The van der Waals surface area contributed by atoms with Crippen LogP contribution in [0.1, 0.15) is 12.5 Å². The second kappa shape index (κ2) is 7.22. The number of rotatable bonds is 4. The lowest BCUT2D eigenvalue weighted by Crippen LogP contribution is -2.47. The van der Waals surface area contributed by atoms with Gasteiger partial charge < -0.3 is 10.2 Å². The van der Waals surface area contributed by atoms with Gasteiger partial charge in [-0.15, -0.1) is 11.3 Å². The van der Waals surface area contributed by atoms with Crippen LogP contribution in [-0.4, -0.2) is 65.6 Å². The van der Waals surface area contributed by atoms with Gasteiger partial charge in [-0.05, 0) is 25.6 Å². The molecule has 3 rings (SSSR count). The summed E-state index contributed by atoms with van der Waals surface area (Å²) >= 11 is 6.83. The molecule has 0 amide bonds. The number of piperazine rings is 1. The lowest BCUT2D eigenvalue weighted by Gasteiger charge is -2.34. The average molecular weight is 394 g/mol. The molecular weight excluding hydrogens is 375 g/mol. The summed E-state index contributed by atoms with van der Waals surface area (Å²) in [6, 6.07) is 0.0222. The molecule has 1 aliphatic heterocycles. The minimum absolute atomic E-state index is 0.0222. The molecule has 2 aromatic heterocycles. The van der Waals surface area contributed by atoms with Crippen LogP contribution in [0.2, 0.25) is 5.28 Å². The van der Waals surface area contributed by atoms with Gasteiger partial charge in [0, 0.05) is 44.1 Å². The zero-order chi connectivity index (χ0) is 18.2. The van der Waals surface area contributed by atoms with Gasteiger partial charge in [0.1, 0.15) is 11.3 Å². The molecule has 138 valence electrons. The molecule has 3 heterocycles. The van der Waals surface area contributed by atoms with Crippen LogP contribution in [0.5, 0.6) is 0 Å². The van der Waals surface area contributed by atoms with E-state index in [0.29, 0.717) is 10.5 Å². The summed E-state index contributed by atoms with van der Waals surface area (Å²) in [6.07, 6.45) is -4.46. The third-order valence-electron chi connectivity index (χ3n) is 4.20. The van der Waals surface area contributed by atoms with Crippen LogP contribution in [0, 0.1) is 0 Å². The van der Waals surface area contributed by atoms with Crippen LogP contribution in [0.3, 0.4) is 0 Å². The molecule has 0 aromatic carbocycles. The predicted molar refractivity (Wildman–Crippen MR) is 94.4 cm³/mol. The summed E-state index contributed by atoms with van der Waals surface area (Å²) < 4.78 is 39.6. The van der Waals surface area contributed by atoms with E-state index < -0.39 is 11.7 Å². The Hall–Kier alpha value is -1.16. The summed E-state index contributed by atoms with van der Waals surface area (Å²) in [5.74, 6) is 0.358. The van der Waals surface area contributed by atoms with Crippen molar-refractivity contribution in [2.24, 2.45) is 0 Å². The molecule has 10 heteroatoms. The Bertz CT molecular complexity index is 743. The first-order valence-electron chi connectivity index (χ1n) is 7.93. The van der Waals surface area contributed by atoms with Crippen LogP contribution in [0.15, 0.2) is 5.38 Å². The summed E-state index contributed by atoms with van der Waals surface area (Å²) in [7, 11) is 2.09. The number of nitrogens with zero attached hydrogens (tertiary/aromatic N) is 4. The second-order valence-electron chi connectivity index (χ2n) is 6.32. The van der Waals surface area contributed by atoms with Crippen molar-refractivity contribution >= 4 is 39.0 Å². The maximum Gasteiger partial charge on any atom is 0.419 e. The van der Waals surface area contributed by atoms with Crippen LogP contribution in [-0.2, 0) is 6.18 Å². The molecule has 1 saturated heterocycles. The Labute approximate surface area is 152 Å². The number of thiophene rings is 1. The molecule has 0 radical (unpaired) electrons. The van der Waals surface area contributed by atoms with Gasteiger partial charge in [0.2, 0.25) is 5.28 Å². The lowest BCUT2D eigenvalue weighted by molar-refractivity contribution is -0.136. The Morgan fingerprint density at radius 2 is 1.96 bits per heavy atom. The number of nitrogens with one attached hydrogen (secondary N) is 1. The van der Waals surface area contributed by atoms with E-state index in [0.717, 1.165) is 49.4 Å². The standard InChI is InChI=1S/C15H19ClF3N5S/c1-9(7-24-5-3-23(2)4-6-24)20-13-12-11(21-14(16)22-13)10(8-25-12)15(17,18)19/h8-9H,3-7H2,1-2H3,(H,20,21,22)/t9-/m0/s1. The number of hydrogen-bond donors (Lipinski definition) is 1. The summed E-state index contributed by atoms with van der Waals surface area (Å²) in [5.41, 5.74) is -0.918. The third kappa shape index (κ3) is 4.33. The molecule has 5 nitrogen and oxygen atoms in total. The van der Waals surface area contributed by atoms with Crippen molar-refractivity contribution in [2.75, 3.05) is 45.1 Å². The van der Waals surface area contributed by atoms with Crippen molar-refractivity contribution < 1.29 is 13.2 Å². The van der Waals surface area contributed by atoms with Gasteiger partial charge in [-0.25, -0.2) is 4.98 Å². The first-order chi connectivity index (χ1) is 11.7. The number of aromatic nitrogens is 2. The smallest absolute Gasteiger partial charge is 0.365 e. The molecule has 0 bridgehead atoms. The molecule has 1 N–H and O–H groups in total. The third-order valence-corrected chi connectivity index (χ3v) is 5.35. The molecule has 0 unspecified atom stereocenters. The fourth-order valence-corrected chi connectivity index (χ4v) is 4.02. The van der Waals surface area contributed by atoms with Gasteiger partial charge in [-0.3, -0.25) is 4.90 Å². The zero-order valence-corrected chi connectivity index (χ0v) is 15.5. The molecule has 0 saturated carbocycles. The number of alkyl halides is 3. The number of likely N-dealkylation sites (N-methyl/N-ethyl adjacent to an activating group) is 1. The highest BCUT2D eigenvalue weighted by molar-refractivity contribution is 7.18. The summed E-state index contributed by atoms with van der Waals surface area (Å²) in [5, 5.41) is 4.07. The maximum absolute atomic E-state index is 13.1. The van der Waals surface area contributed by atoms with Gasteiger partial charge in [-0.2, -0.15) is 18.2 Å². The molecule has 0 spiro atoms. The van der Waals surface area contributed by atoms with Crippen molar-refractivity contribution in [1.82, 2.24) is 19.8 Å². The van der Waals surface area contributed by atoms with E-state index in [1.165, 1.54) is 0 Å². The monoisotopic (exact) mass is 393 g/mol. The van der Waals surface area contributed by atoms with Gasteiger partial charge in [0.05, 0.1) is 10.3 Å². The highest BCUT2D eigenvalue weighted by Crippen LogP contribution is 2.40. The largest absolute Gasteiger partial charge is 0.419 e. The van der Waals surface area contributed by atoms with E-state index in [4.69, 9.17) is 11.6 Å². The van der Waals surface area contributed by atoms with E-state index in [9.17, 15) is 13.2 Å². The SMILES string of the molecule is C[C@@H](CN1CCN(C)CC1)Nc1nc(Cl)nc2c(C(F)(F)F)csc12. The minimum Gasteiger partial charge on any atom is -0.365 e. The van der Waals surface area contributed by atoms with E-state index in [-0.39, 0.29) is 16.8 Å². The Morgan fingerprint density at radius 1 is 1.28 bits per heavy atom. The van der Waals surface area contributed by atoms with E-state index in [1.54, 1.807) is 0 Å². The predicted octanol–water partition coefficient (Wildman–Crippen LogP) is 3.41. The minimum atomic E-state index is -4.46. The van der Waals surface area contributed by atoms with Crippen molar-refractivity contribution in [3.05, 3.63) is 16.2 Å². The van der Waals surface area contributed by atoms with Gasteiger partial charge in [0.25, 0.3) is 0 Å². The van der Waals surface area contributed by atoms with E-state index in [1.807, 2.05) is 6.92 Å². The van der Waals surface area contributed by atoms with Crippen molar-refractivity contribution in [3.8, 4) is 0 Å². The van der Waals surface area contributed by atoms with Crippen LogP contribution in [0.25, 0.3) is 10.2 Å².